The molecule has 0 radical (unpaired) electrons. The largest absolute Gasteiger partial charge is 0.378 e. The zero-order chi connectivity index (χ0) is 18.8. The molecular weight excluding hydrogens is 358 g/mol. The number of aromatic nitrogens is 2. The van der Waals surface area contributed by atoms with Gasteiger partial charge in [-0.2, -0.15) is 5.10 Å². The monoisotopic (exact) mass is 381 g/mol. The van der Waals surface area contributed by atoms with E-state index in [2.05, 4.69) is 37.9 Å². The van der Waals surface area contributed by atoms with Crippen molar-refractivity contribution in [2.24, 2.45) is 0 Å². The van der Waals surface area contributed by atoms with E-state index in [1.54, 1.807) is 11.3 Å². The van der Waals surface area contributed by atoms with Crippen LogP contribution in [0.4, 0.5) is 11.5 Å². The molecule has 3 aromatic rings. The van der Waals surface area contributed by atoms with Crippen molar-refractivity contribution in [3.05, 3.63) is 53.4 Å². The SMILES string of the molecule is CN(C)c1ccc(C(=O)N[C@H]2CCN(c3cc(-c4cccs4)[nH]n3)C2)cc1. The average molecular weight is 382 g/mol. The number of nitrogens with one attached hydrogen (secondary N) is 2. The minimum Gasteiger partial charge on any atom is -0.378 e. The van der Waals surface area contributed by atoms with Gasteiger partial charge in [-0.05, 0) is 42.1 Å². The highest BCUT2D eigenvalue weighted by Crippen LogP contribution is 2.27. The number of carbonyl (C=O) groups excluding carboxylic acids is 1. The number of anilines is 2. The molecule has 1 aliphatic heterocycles. The Kier molecular flexibility index (Phi) is 4.85. The molecule has 1 amide bonds. The van der Waals surface area contributed by atoms with E-state index in [9.17, 15) is 4.79 Å². The van der Waals surface area contributed by atoms with Crippen LogP contribution in [0.1, 0.15) is 16.8 Å². The number of hydrogen-bond donors (Lipinski definition) is 2. The molecule has 0 unspecified atom stereocenters. The molecule has 0 saturated carbocycles. The zero-order valence-corrected chi connectivity index (χ0v) is 16.3. The summed E-state index contributed by atoms with van der Waals surface area (Å²) in [4.78, 5) is 17.9. The Labute approximate surface area is 162 Å². The van der Waals surface area contributed by atoms with Gasteiger partial charge in [0, 0.05) is 50.5 Å². The van der Waals surface area contributed by atoms with Gasteiger partial charge in [-0.15, -0.1) is 11.3 Å². The lowest BCUT2D eigenvalue weighted by Crippen LogP contribution is -2.37. The Hall–Kier alpha value is -2.80. The molecule has 6 nitrogen and oxygen atoms in total. The molecule has 1 aliphatic rings. The molecule has 1 atom stereocenters. The summed E-state index contributed by atoms with van der Waals surface area (Å²) in [6, 6.07) is 14.0. The Morgan fingerprint density at radius 1 is 1.30 bits per heavy atom. The van der Waals surface area contributed by atoms with E-state index >= 15 is 0 Å². The van der Waals surface area contributed by atoms with Crippen molar-refractivity contribution in [1.82, 2.24) is 15.5 Å². The van der Waals surface area contributed by atoms with Gasteiger partial charge in [-0.25, -0.2) is 0 Å². The molecule has 0 aliphatic carbocycles. The third kappa shape index (κ3) is 3.83. The van der Waals surface area contributed by atoms with Gasteiger partial charge in [0.15, 0.2) is 5.82 Å². The van der Waals surface area contributed by atoms with Gasteiger partial charge < -0.3 is 15.1 Å². The summed E-state index contributed by atoms with van der Waals surface area (Å²) in [6.07, 6.45) is 0.919. The summed E-state index contributed by atoms with van der Waals surface area (Å²) in [5, 5.41) is 12.8. The van der Waals surface area contributed by atoms with E-state index in [1.807, 2.05) is 49.3 Å². The van der Waals surface area contributed by atoms with Crippen LogP contribution < -0.4 is 15.1 Å². The van der Waals surface area contributed by atoms with E-state index in [4.69, 9.17) is 0 Å². The van der Waals surface area contributed by atoms with Crippen molar-refractivity contribution in [3.63, 3.8) is 0 Å². The molecule has 1 aromatic carbocycles. The fourth-order valence-electron chi connectivity index (χ4n) is 3.30. The first-order chi connectivity index (χ1) is 13.1. The molecule has 27 heavy (non-hydrogen) atoms. The van der Waals surface area contributed by atoms with Gasteiger partial charge in [0.05, 0.1) is 10.6 Å². The van der Waals surface area contributed by atoms with E-state index < -0.39 is 0 Å². The third-order valence-corrected chi connectivity index (χ3v) is 5.75. The average Bonchev–Trinajstić information content (AvgIpc) is 3.42. The normalized spacial score (nSPS) is 16.5. The molecule has 1 fully saturated rings. The third-order valence-electron chi connectivity index (χ3n) is 4.84. The molecule has 7 heteroatoms. The molecule has 3 heterocycles. The lowest BCUT2D eigenvalue weighted by atomic mass is 10.1. The van der Waals surface area contributed by atoms with Gasteiger partial charge in [-0.1, -0.05) is 6.07 Å². The second-order valence-electron chi connectivity index (χ2n) is 6.96. The Morgan fingerprint density at radius 2 is 2.11 bits per heavy atom. The first-order valence-electron chi connectivity index (χ1n) is 9.02. The highest BCUT2D eigenvalue weighted by molar-refractivity contribution is 7.13. The van der Waals surface area contributed by atoms with Crippen LogP contribution in [-0.2, 0) is 0 Å². The standard InChI is InChI=1S/C20H23N5OS/c1-24(2)16-7-5-14(6-8-16)20(26)21-15-9-10-25(13-15)19-12-17(22-23-19)18-4-3-11-27-18/h3-8,11-12,15H,9-10,13H2,1-2H3,(H,21,26)(H,22,23)/t15-/m0/s1. The molecule has 0 spiro atoms. The highest BCUT2D eigenvalue weighted by Gasteiger charge is 2.26. The maximum Gasteiger partial charge on any atom is 0.251 e. The maximum atomic E-state index is 12.5. The first-order valence-corrected chi connectivity index (χ1v) is 9.90. The predicted molar refractivity (Wildman–Crippen MR) is 111 cm³/mol. The van der Waals surface area contributed by atoms with Crippen molar-refractivity contribution in [2.45, 2.75) is 12.5 Å². The van der Waals surface area contributed by atoms with Crippen molar-refractivity contribution >= 4 is 28.7 Å². The molecule has 1 saturated heterocycles. The summed E-state index contributed by atoms with van der Waals surface area (Å²) in [5.74, 6) is 0.916. The topological polar surface area (TPSA) is 64.3 Å². The minimum atomic E-state index is -0.0199. The zero-order valence-electron chi connectivity index (χ0n) is 15.5. The second-order valence-corrected chi connectivity index (χ2v) is 7.91. The number of thiophene rings is 1. The molecule has 0 bridgehead atoms. The fourth-order valence-corrected chi connectivity index (χ4v) is 3.99. The van der Waals surface area contributed by atoms with E-state index in [-0.39, 0.29) is 11.9 Å². The predicted octanol–water partition coefficient (Wildman–Crippen LogP) is 3.21. The van der Waals surface area contributed by atoms with E-state index in [0.717, 1.165) is 36.7 Å². The van der Waals surface area contributed by atoms with Crippen molar-refractivity contribution in [2.75, 3.05) is 37.0 Å². The van der Waals surface area contributed by atoms with E-state index in [0.29, 0.717) is 5.56 Å². The summed E-state index contributed by atoms with van der Waals surface area (Å²) >= 11 is 1.69. The van der Waals surface area contributed by atoms with Crippen LogP contribution in [0.15, 0.2) is 47.8 Å². The van der Waals surface area contributed by atoms with Crippen LogP contribution in [0.5, 0.6) is 0 Å². The summed E-state index contributed by atoms with van der Waals surface area (Å²) in [6.45, 7) is 1.66. The number of rotatable bonds is 5. The Bertz CT molecular complexity index is 901. The number of aromatic amines is 1. The van der Waals surface area contributed by atoms with Gasteiger partial charge >= 0.3 is 0 Å². The van der Waals surface area contributed by atoms with E-state index in [1.165, 1.54) is 4.88 Å². The summed E-state index contributed by atoms with van der Waals surface area (Å²) in [5.41, 5.74) is 2.81. The van der Waals surface area contributed by atoms with Crippen LogP contribution in [0.3, 0.4) is 0 Å². The van der Waals surface area contributed by atoms with Crippen molar-refractivity contribution in [1.29, 1.82) is 0 Å². The highest BCUT2D eigenvalue weighted by atomic mass is 32.1. The minimum absolute atomic E-state index is 0.0199. The number of carbonyl (C=O) groups is 1. The first kappa shape index (κ1) is 17.6. The van der Waals surface area contributed by atoms with Crippen LogP contribution in [0.2, 0.25) is 0 Å². The molecule has 2 N–H and O–H groups in total. The summed E-state index contributed by atoms with van der Waals surface area (Å²) in [7, 11) is 3.97. The Balaban J connectivity index is 1.36. The number of H-pyrrole nitrogens is 1. The number of nitrogens with zero attached hydrogens (tertiary/aromatic N) is 3. The molecule has 4 rings (SSSR count). The quantitative estimate of drug-likeness (QED) is 0.712. The number of amides is 1. The van der Waals surface area contributed by atoms with Gasteiger partial charge in [0.2, 0.25) is 0 Å². The fraction of sp³-hybridized carbons (Fsp3) is 0.300. The lowest BCUT2D eigenvalue weighted by molar-refractivity contribution is 0.0940. The van der Waals surface area contributed by atoms with Gasteiger partial charge in [0.25, 0.3) is 5.91 Å². The maximum absolute atomic E-state index is 12.5. The molecule has 140 valence electrons. The molecular formula is C20H23N5OS. The van der Waals surface area contributed by atoms with Crippen LogP contribution in [-0.4, -0.2) is 49.3 Å². The van der Waals surface area contributed by atoms with Gasteiger partial charge in [0.1, 0.15) is 0 Å². The summed E-state index contributed by atoms with van der Waals surface area (Å²) < 4.78 is 0. The van der Waals surface area contributed by atoms with Crippen LogP contribution >= 0.6 is 11.3 Å². The van der Waals surface area contributed by atoms with Crippen LogP contribution in [0.25, 0.3) is 10.6 Å². The number of hydrogen-bond acceptors (Lipinski definition) is 5. The number of benzene rings is 1. The Morgan fingerprint density at radius 3 is 2.81 bits per heavy atom. The lowest BCUT2D eigenvalue weighted by Gasteiger charge is -2.16. The van der Waals surface area contributed by atoms with Crippen LogP contribution in [0, 0.1) is 0 Å². The van der Waals surface area contributed by atoms with Crippen molar-refractivity contribution < 1.29 is 4.79 Å². The second kappa shape index (κ2) is 7.44. The smallest absolute Gasteiger partial charge is 0.251 e. The van der Waals surface area contributed by atoms with Gasteiger partial charge in [-0.3, -0.25) is 9.89 Å². The molecule has 2 aromatic heterocycles. The van der Waals surface area contributed by atoms with Crippen molar-refractivity contribution in [3.8, 4) is 10.6 Å².